The molecule has 0 N–H and O–H groups in total. The summed E-state index contributed by atoms with van der Waals surface area (Å²) in [7, 11) is 1.96. The molecule has 0 bridgehead atoms. The molecule has 0 amide bonds. The molecule has 1 saturated carbocycles. The van der Waals surface area contributed by atoms with E-state index in [9.17, 15) is 13.2 Å². The fourth-order valence-corrected chi connectivity index (χ4v) is 5.79. The van der Waals surface area contributed by atoms with Gasteiger partial charge in [0.1, 0.15) is 5.69 Å². The minimum Gasteiger partial charge on any atom is -0.304 e. The molecule has 3 aromatic rings. The standard InChI is InChI=1S/C24H26F3N5S/c1-31-21(20-5-2-3-11-28-20)29-30-22(31)33-14-4-12-32-13-10-23(16-32)15-19(23)17-6-8-18(9-7-17)24(25,26)27/h2-3,5-9,11,19H,4,10,12-16H2,1H3/t19-,23+/m0/s1. The van der Waals surface area contributed by atoms with Crippen molar-refractivity contribution in [2.45, 2.75) is 36.5 Å². The Kier molecular flexibility index (Phi) is 5.95. The van der Waals surface area contributed by atoms with Crippen LogP contribution in [0.3, 0.4) is 0 Å². The topological polar surface area (TPSA) is 46.8 Å². The van der Waals surface area contributed by atoms with Gasteiger partial charge in [-0.25, -0.2) is 0 Å². The summed E-state index contributed by atoms with van der Waals surface area (Å²) in [5.41, 5.74) is 1.55. The predicted octanol–water partition coefficient (Wildman–Crippen LogP) is 5.26. The quantitative estimate of drug-likeness (QED) is 0.346. The zero-order valence-corrected chi connectivity index (χ0v) is 19.2. The number of hydrogen-bond donors (Lipinski definition) is 0. The third kappa shape index (κ3) is 4.66. The maximum atomic E-state index is 12.8. The molecule has 9 heteroatoms. The molecular weight excluding hydrogens is 447 g/mol. The summed E-state index contributed by atoms with van der Waals surface area (Å²) in [5, 5.41) is 9.48. The highest BCUT2D eigenvalue weighted by Crippen LogP contribution is 2.64. The van der Waals surface area contributed by atoms with Crippen LogP contribution in [0.1, 0.15) is 36.3 Å². The summed E-state index contributed by atoms with van der Waals surface area (Å²) in [4.78, 5) is 6.85. The lowest BCUT2D eigenvalue weighted by molar-refractivity contribution is -0.137. The molecule has 0 unspecified atom stereocenters. The highest BCUT2D eigenvalue weighted by atomic mass is 32.2. The Morgan fingerprint density at radius 3 is 2.67 bits per heavy atom. The number of rotatable bonds is 7. The molecule has 1 aromatic carbocycles. The number of aromatic nitrogens is 4. The summed E-state index contributed by atoms with van der Waals surface area (Å²) in [6.45, 7) is 3.13. The Hall–Kier alpha value is -2.39. The van der Waals surface area contributed by atoms with E-state index in [1.54, 1.807) is 30.1 Å². The maximum absolute atomic E-state index is 12.8. The fraction of sp³-hybridized carbons (Fsp3) is 0.458. The zero-order valence-electron chi connectivity index (χ0n) is 18.4. The zero-order chi connectivity index (χ0) is 23.1. The number of thioether (sulfide) groups is 1. The lowest BCUT2D eigenvalue weighted by Gasteiger charge is -2.16. The number of alkyl halides is 3. The van der Waals surface area contributed by atoms with Gasteiger partial charge in [0.2, 0.25) is 0 Å². The normalized spacial score (nSPS) is 22.8. The summed E-state index contributed by atoms with van der Waals surface area (Å²) in [6.07, 6.45) is 0.743. The smallest absolute Gasteiger partial charge is 0.304 e. The second kappa shape index (κ2) is 8.76. The van der Waals surface area contributed by atoms with Gasteiger partial charge in [0.05, 0.1) is 5.56 Å². The molecule has 2 aromatic heterocycles. The van der Waals surface area contributed by atoms with Crippen LogP contribution < -0.4 is 0 Å². The molecule has 2 aliphatic rings. The Morgan fingerprint density at radius 1 is 1.12 bits per heavy atom. The third-order valence-electron chi connectivity index (χ3n) is 6.87. The van der Waals surface area contributed by atoms with Crippen molar-refractivity contribution in [2.24, 2.45) is 12.5 Å². The first kappa shape index (κ1) is 22.4. The van der Waals surface area contributed by atoms with E-state index < -0.39 is 11.7 Å². The monoisotopic (exact) mass is 473 g/mol. The van der Waals surface area contributed by atoms with Crippen LogP contribution in [0.2, 0.25) is 0 Å². The van der Waals surface area contributed by atoms with Gasteiger partial charge in [-0.1, -0.05) is 30.0 Å². The molecule has 1 spiro atoms. The van der Waals surface area contributed by atoms with Crippen LogP contribution in [0.25, 0.3) is 11.5 Å². The average molecular weight is 474 g/mol. The number of halogens is 3. The van der Waals surface area contributed by atoms with Crippen LogP contribution in [-0.4, -0.2) is 50.0 Å². The molecule has 33 heavy (non-hydrogen) atoms. The lowest BCUT2D eigenvalue weighted by atomic mass is 9.97. The van der Waals surface area contributed by atoms with Crippen molar-refractivity contribution in [3.63, 3.8) is 0 Å². The lowest BCUT2D eigenvalue weighted by Crippen LogP contribution is -2.23. The fourth-order valence-electron chi connectivity index (χ4n) is 4.96. The molecule has 5 nitrogen and oxygen atoms in total. The summed E-state index contributed by atoms with van der Waals surface area (Å²) < 4.78 is 40.4. The van der Waals surface area contributed by atoms with Crippen molar-refractivity contribution in [3.05, 3.63) is 59.8 Å². The second-order valence-corrected chi connectivity index (χ2v) is 10.1. The second-order valence-electron chi connectivity index (χ2n) is 9.05. The predicted molar refractivity (Wildman–Crippen MR) is 122 cm³/mol. The first-order valence-electron chi connectivity index (χ1n) is 11.2. The Balaban J connectivity index is 1.09. The number of nitrogens with zero attached hydrogens (tertiary/aromatic N) is 5. The number of benzene rings is 1. The highest BCUT2D eigenvalue weighted by molar-refractivity contribution is 7.99. The van der Waals surface area contributed by atoms with Crippen molar-refractivity contribution in [2.75, 3.05) is 25.4 Å². The Labute approximate surface area is 195 Å². The minimum atomic E-state index is -4.27. The summed E-state index contributed by atoms with van der Waals surface area (Å²) >= 11 is 1.71. The molecule has 1 aliphatic heterocycles. The third-order valence-corrected chi connectivity index (χ3v) is 7.98. The molecular formula is C24H26F3N5S. The summed E-state index contributed by atoms with van der Waals surface area (Å²) in [6, 6.07) is 11.5. The molecule has 2 fully saturated rings. The van der Waals surface area contributed by atoms with Crippen molar-refractivity contribution in [1.29, 1.82) is 0 Å². The molecule has 1 aliphatic carbocycles. The van der Waals surface area contributed by atoms with E-state index in [1.165, 1.54) is 12.1 Å². The van der Waals surface area contributed by atoms with E-state index in [2.05, 4.69) is 20.1 Å². The van der Waals surface area contributed by atoms with Gasteiger partial charge >= 0.3 is 6.18 Å². The first-order chi connectivity index (χ1) is 15.9. The van der Waals surface area contributed by atoms with Crippen LogP contribution in [0.15, 0.2) is 53.8 Å². The molecule has 5 rings (SSSR count). The van der Waals surface area contributed by atoms with E-state index in [0.29, 0.717) is 5.92 Å². The minimum absolute atomic E-state index is 0.258. The van der Waals surface area contributed by atoms with Gasteiger partial charge in [0, 0.05) is 25.5 Å². The van der Waals surface area contributed by atoms with Crippen molar-refractivity contribution in [3.8, 4) is 11.5 Å². The van der Waals surface area contributed by atoms with Gasteiger partial charge in [-0.2, -0.15) is 13.2 Å². The van der Waals surface area contributed by atoms with Gasteiger partial charge in [0.15, 0.2) is 11.0 Å². The van der Waals surface area contributed by atoms with Crippen molar-refractivity contribution in [1.82, 2.24) is 24.6 Å². The molecule has 0 radical (unpaired) electrons. The molecule has 2 atom stereocenters. The molecule has 174 valence electrons. The molecule has 1 saturated heterocycles. The van der Waals surface area contributed by atoms with Gasteiger partial charge in [0.25, 0.3) is 0 Å². The average Bonchev–Trinajstić information content (AvgIpc) is 3.15. The van der Waals surface area contributed by atoms with E-state index >= 15 is 0 Å². The SMILES string of the molecule is Cn1c(SCCCN2CC[C@@]3(C[C@H]3c3ccc(C(F)(F)F)cc3)C2)nnc1-c1ccccn1. The van der Waals surface area contributed by atoms with E-state index in [4.69, 9.17) is 0 Å². The van der Waals surface area contributed by atoms with Gasteiger partial charge in [-0.3, -0.25) is 4.98 Å². The number of likely N-dealkylation sites (tertiary alicyclic amines) is 1. The van der Waals surface area contributed by atoms with Crippen LogP contribution in [0.4, 0.5) is 13.2 Å². The van der Waals surface area contributed by atoms with Crippen LogP contribution in [-0.2, 0) is 13.2 Å². The van der Waals surface area contributed by atoms with Gasteiger partial charge < -0.3 is 9.47 Å². The molecule has 3 heterocycles. The van der Waals surface area contributed by atoms with E-state index in [0.717, 1.165) is 66.9 Å². The Morgan fingerprint density at radius 2 is 1.94 bits per heavy atom. The van der Waals surface area contributed by atoms with E-state index in [-0.39, 0.29) is 5.41 Å². The van der Waals surface area contributed by atoms with Crippen LogP contribution in [0.5, 0.6) is 0 Å². The van der Waals surface area contributed by atoms with Crippen molar-refractivity contribution >= 4 is 11.8 Å². The number of hydrogen-bond acceptors (Lipinski definition) is 5. The number of pyridine rings is 1. The van der Waals surface area contributed by atoms with Gasteiger partial charge in [-0.15, -0.1) is 10.2 Å². The summed E-state index contributed by atoms with van der Waals surface area (Å²) in [5.74, 6) is 2.12. The first-order valence-corrected chi connectivity index (χ1v) is 12.2. The van der Waals surface area contributed by atoms with Gasteiger partial charge in [-0.05, 0) is 73.5 Å². The van der Waals surface area contributed by atoms with E-state index in [1.807, 2.05) is 29.8 Å². The van der Waals surface area contributed by atoms with Crippen LogP contribution in [0, 0.1) is 5.41 Å². The maximum Gasteiger partial charge on any atom is 0.416 e. The highest BCUT2D eigenvalue weighted by Gasteiger charge is 2.57. The Bertz CT molecular complexity index is 1100. The largest absolute Gasteiger partial charge is 0.416 e. The van der Waals surface area contributed by atoms with Crippen LogP contribution >= 0.6 is 11.8 Å². The van der Waals surface area contributed by atoms with Crippen molar-refractivity contribution < 1.29 is 13.2 Å².